The Balaban J connectivity index is 1.38. The Morgan fingerprint density at radius 2 is 2.03 bits per heavy atom. The topological polar surface area (TPSA) is 121 Å². The maximum atomic E-state index is 12.3. The molecule has 0 saturated heterocycles. The number of hydrogen-bond donors (Lipinski definition) is 3. The Labute approximate surface area is 196 Å². The second kappa shape index (κ2) is 8.36. The van der Waals surface area contributed by atoms with E-state index >= 15 is 0 Å². The quantitative estimate of drug-likeness (QED) is 0.406. The lowest BCUT2D eigenvalue weighted by Gasteiger charge is -2.29. The molecule has 0 unspecified atom stereocenters. The van der Waals surface area contributed by atoms with Gasteiger partial charge in [-0.2, -0.15) is 0 Å². The summed E-state index contributed by atoms with van der Waals surface area (Å²) in [5.41, 5.74) is 4.09. The molecule has 1 amide bonds. The zero-order valence-electron chi connectivity index (χ0n) is 19.6. The Hall–Kier alpha value is -4.08. The van der Waals surface area contributed by atoms with E-state index in [-0.39, 0.29) is 6.09 Å². The van der Waals surface area contributed by atoms with E-state index in [9.17, 15) is 4.79 Å². The van der Waals surface area contributed by atoms with Gasteiger partial charge in [-0.3, -0.25) is 5.10 Å². The average Bonchev–Trinajstić information content (AvgIpc) is 3.42. The molecule has 10 nitrogen and oxygen atoms in total. The summed E-state index contributed by atoms with van der Waals surface area (Å²) in [7, 11) is 1.59. The molecule has 0 fully saturated rings. The van der Waals surface area contributed by atoms with Gasteiger partial charge in [0.1, 0.15) is 23.4 Å². The van der Waals surface area contributed by atoms with E-state index in [1.165, 1.54) is 6.33 Å². The van der Waals surface area contributed by atoms with Crippen LogP contribution in [0.15, 0.2) is 36.7 Å². The van der Waals surface area contributed by atoms with Crippen molar-refractivity contribution in [1.82, 2.24) is 30.0 Å². The van der Waals surface area contributed by atoms with E-state index < -0.39 is 5.60 Å². The van der Waals surface area contributed by atoms with Crippen molar-refractivity contribution in [2.75, 3.05) is 25.5 Å². The zero-order chi connectivity index (χ0) is 23.9. The molecule has 1 aromatic carbocycles. The van der Waals surface area contributed by atoms with Crippen molar-refractivity contribution in [1.29, 1.82) is 0 Å². The molecule has 0 aliphatic carbocycles. The van der Waals surface area contributed by atoms with E-state index in [0.717, 1.165) is 45.3 Å². The van der Waals surface area contributed by atoms with Crippen LogP contribution in [0.3, 0.4) is 0 Å². The molecule has 10 heteroatoms. The maximum Gasteiger partial charge on any atom is 0.410 e. The van der Waals surface area contributed by atoms with Crippen LogP contribution in [0.5, 0.6) is 5.88 Å². The Bertz CT molecular complexity index is 1400. The number of ether oxygens (including phenoxy) is 2. The molecule has 0 bridgehead atoms. The van der Waals surface area contributed by atoms with Gasteiger partial charge >= 0.3 is 6.09 Å². The number of rotatable bonds is 4. The molecule has 4 aromatic rings. The highest BCUT2D eigenvalue weighted by atomic mass is 16.6. The minimum Gasteiger partial charge on any atom is -0.480 e. The lowest BCUT2D eigenvalue weighted by atomic mass is 10.1. The van der Waals surface area contributed by atoms with E-state index in [2.05, 4.69) is 36.5 Å². The first-order chi connectivity index (χ1) is 16.3. The second-order valence-electron chi connectivity index (χ2n) is 9.19. The van der Waals surface area contributed by atoms with Crippen LogP contribution in [0, 0.1) is 0 Å². The van der Waals surface area contributed by atoms with Gasteiger partial charge in [0.2, 0.25) is 5.88 Å². The molecule has 3 N–H and O–H groups in total. The van der Waals surface area contributed by atoms with E-state index in [4.69, 9.17) is 9.47 Å². The van der Waals surface area contributed by atoms with E-state index in [1.807, 2.05) is 45.0 Å². The Kier molecular flexibility index (Phi) is 5.35. The number of methoxy groups -OCH3 is 1. The van der Waals surface area contributed by atoms with Gasteiger partial charge in [0.15, 0.2) is 0 Å². The van der Waals surface area contributed by atoms with Gasteiger partial charge in [-0.1, -0.05) is 6.08 Å². The highest BCUT2D eigenvalue weighted by Gasteiger charge is 2.24. The van der Waals surface area contributed by atoms with Crippen molar-refractivity contribution in [3.63, 3.8) is 0 Å². The standard InChI is InChI=1S/C24H27N7O3/c1-24(2,3)34-23(32)31-9-7-14(8-10-31)19-12-17-20(25-13-26-21(17)28-19)27-15-5-6-18-16(11-15)22(33-4)30-29-18/h5-7,11-13H,8-10H2,1-4H3,(H,29,30)(H2,25,26,27,28). The summed E-state index contributed by atoms with van der Waals surface area (Å²) in [5.74, 6) is 1.24. The highest BCUT2D eigenvalue weighted by Crippen LogP contribution is 2.31. The van der Waals surface area contributed by atoms with Gasteiger partial charge in [0, 0.05) is 24.5 Å². The normalized spacial score (nSPS) is 14.4. The summed E-state index contributed by atoms with van der Waals surface area (Å²) in [6.45, 7) is 6.72. The third-order valence-electron chi connectivity index (χ3n) is 5.62. The average molecular weight is 462 g/mol. The lowest BCUT2D eigenvalue weighted by molar-refractivity contribution is 0.0270. The van der Waals surface area contributed by atoms with Crippen LogP contribution in [0.1, 0.15) is 32.9 Å². The van der Waals surface area contributed by atoms with Gasteiger partial charge in [0.05, 0.1) is 23.4 Å². The smallest absolute Gasteiger partial charge is 0.410 e. The number of nitrogens with zero attached hydrogens (tertiary/aromatic N) is 4. The number of aromatic nitrogens is 5. The molecule has 0 saturated carbocycles. The largest absolute Gasteiger partial charge is 0.480 e. The fraction of sp³-hybridized carbons (Fsp3) is 0.333. The number of benzene rings is 1. The molecule has 0 radical (unpaired) electrons. The molecule has 1 aliphatic heterocycles. The predicted molar refractivity (Wildman–Crippen MR) is 130 cm³/mol. The van der Waals surface area contributed by atoms with Crippen molar-refractivity contribution in [3.05, 3.63) is 42.4 Å². The molecule has 0 spiro atoms. The monoisotopic (exact) mass is 461 g/mol. The van der Waals surface area contributed by atoms with Crippen LogP contribution in [-0.4, -0.2) is 61.9 Å². The van der Waals surface area contributed by atoms with Crippen LogP contribution in [-0.2, 0) is 4.74 Å². The summed E-state index contributed by atoms with van der Waals surface area (Å²) >= 11 is 0. The van der Waals surface area contributed by atoms with Gasteiger partial charge in [0.25, 0.3) is 0 Å². The first-order valence-corrected chi connectivity index (χ1v) is 11.1. The summed E-state index contributed by atoms with van der Waals surface area (Å²) in [5, 5.41) is 12.3. The molecular formula is C24H27N7O3. The number of H-pyrrole nitrogens is 2. The zero-order valence-corrected chi connectivity index (χ0v) is 19.6. The van der Waals surface area contributed by atoms with Gasteiger partial charge in [-0.15, -0.1) is 5.10 Å². The molecule has 3 aromatic heterocycles. The predicted octanol–water partition coefficient (Wildman–Crippen LogP) is 4.61. The number of fused-ring (bicyclic) bond motifs is 2. The third-order valence-corrected chi connectivity index (χ3v) is 5.62. The molecule has 34 heavy (non-hydrogen) atoms. The van der Waals surface area contributed by atoms with Gasteiger partial charge in [-0.25, -0.2) is 14.8 Å². The molecule has 5 rings (SSSR count). The van der Waals surface area contributed by atoms with E-state index in [0.29, 0.717) is 24.8 Å². The lowest BCUT2D eigenvalue weighted by Crippen LogP contribution is -2.39. The Morgan fingerprint density at radius 1 is 1.18 bits per heavy atom. The SMILES string of the molecule is COc1n[nH]c2ccc(Nc3ncnc4[nH]c(C5=CCN(C(=O)OC(C)(C)C)CC5)cc34)cc12. The summed E-state index contributed by atoms with van der Waals surface area (Å²) in [4.78, 5) is 26.3. The molecular weight excluding hydrogens is 434 g/mol. The summed E-state index contributed by atoms with van der Waals surface area (Å²) in [6.07, 6.45) is 4.02. The van der Waals surface area contributed by atoms with Gasteiger partial charge < -0.3 is 24.7 Å². The number of amides is 1. The van der Waals surface area contributed by atoms with Crippen molar-refractivity contribution < 1.29 is 14.3 Å². The minimum atomic E-state index is -0.506. The number of anilines is 2. The molecule has 4 heterocycles. The fourth-order valence-corrected chi connectivity index (χ4v) is 3.98. The number of aromatic amines is 2. The molecule has 176 valence electrons. The van der Waals surface area contributed by atoms with E-state index in [1.54, 1.807) is 12.0 Å². The Morgan fingerprint density at radius 3 is 2.76 bits per heavy atom. The fourth-order valence-electron chi connectivity index (χ4n) is 3.98. The van der Waals surface area contributed by atoms with Crippen molar-refractivity contribution >= 4 is 45.1 Å². The first kappa shape index (κ1) is 21.7. The molecule has 1 aliphatic rings. The number of carbonyl (C=O) groups excluding carboxylic acids is 1. The van der Waals surface area contributed by atoms with Crippen molar-refractivity contribution in [3.8, 4) is 5.88 Å². The summed E-state index contributed by atoms with van der Waals surface area (Å²) < 4.78 is 10.8. The number of hydrogen-bond acceptors (Lipinski definition) is 7. The highest BCUT2D eigenvalue weighted by molar-refractivity contribution is 5.94. The van der Waals surface area contributed by atoms with Crippen molar-refractivity contribution in [2.24, 2.45) is 0 Å². The van der Waals surface area contributed by atoms with Gasteiger partial charge in [-0.05, 0) is 57.0 Å². The molecule has 0 atom stereocenters. The third kappa shape index (κ3) is 4.26. The van der Waals surface area contributed by atoms with Crippen LogP contribution in [0.4, 0.5) is 16.3 Å². The second-order valence-corrected chi connectivity index (χ2v) is 9.19. The maximum absolute atomic E-state index is 12.3. The summed E-state index contributed by atoms with van der Waals surface area (Å²) in [6, 6.07) is 7.91. The first-order valence-electron chi connectivity index (χ1n) is 11.1. The number of carbonyl (C=O) groups is 1. The number of nitrogens with one attached hydrogen (secondary N) is 3. The van der Waals surface area contributed by atoms with Crippen LogP contribution in [0.2, 0.25) is 0 Å². The van der Waals surface area contributed by atoms with Crippen molar-refractivity contribution in [2.45, 2.75) is 32.8 Å². The minimum absolute atomic E-state index is 0.289. The van der Waals surface area contributed by atoms with Crippen LogP contribution < -0.4 is 10.1 Å². The van der Waals surface area contributed by atoms with Crippen LogP contribution in [0.25, 0.3) is 27.5 Å². The van der Waals surface area contributed by atoms with Crippen LogP contribution >= 0.6 is 0 Å².